The van der Waals surface area contributed by atoms with Crippen LogP contribution in [0.25, 0.3) is 0 Å². The van der Waals surface area contributed by atoms with Crippen molar-refractivity contribution in [3.05, 3.63) is 24.3 Å². The molecule has 0 bridgehead atoms. The van der Waals surface area contributed by atoms with E-state index in [1.165, 1.54) is 83.7 Å². The number of carbonyl (C=O) groups is 4. The summed E-state index contributed by atoms with van der Waals surface area (Å²) in [6.07, 6.45) is 26.4. The molecule has 2 amide bonds. The van der Waals surface area contributed by atoms with Gasteiger partial charge in [0.1, 0.15) is 49.3 Å². The summed E-state index contributed by atoms with van der Waals surface area (Å²) in [6.45, 7) is 4.25. The van der Waals surface area contributed by atoms with Gasteiger partial charge in [-0.05, 0) is 83.5 Å². The van der Waals surface area contributed by atoms with Crippen molar-refractivity contribution in [1.29, 1.82) is 0 Å². The highest BCUT2D eigenvalue weighted by Crippen LogP contribution is 2.43. The third-order valence-electron chi connectivity index (χ3n) is 14.8. The Morgan fingerprint density at radius 1 is 0.548 bits per heavy atom. The largest absolute Gasteiger partial charge is 0.462 e. The Labute approximate surface area is 502 Å². The summed E-state index contributed by atoms with van der Waals surface area (Å²) in [7, 11) is -3.69. The number of esters is 2. The van der Waals surface area contributed by atoms with E-state index in [9.17, 15) is 54.4 Å². The maximum atomic E-state index is 13.3. The molecule has 11 atom stereocenters. The van der Waals surface area contributed by atoms with E-state index in [-0.39, 0.29) is 90.0 Å². The fourth-order valence-electron chi connectivity index (χ4n) is 9.59. The summed E-state index contributed by atoms with van der Waals surface area (Å²) < 4.78 is 57.8. The predicted molar refractivity (Wildman–Crippen MR) is 321 cm³/mol. The highest BCUT2D eigenvalue weighted by Gasteiger charge is 2.49. The van der Waals surface area contributed by atoms with E-state index < -0.39 is 87.6 Å². The molecule has 2 aliphatic heterocycles. The van der Waals surface area contributed by atoms with E-state index in [1.54, 1.807) is 0 Å². The molecule has 0 saturated carbocycles. The SMILES string of the molecule is CCCCCCCC/C=C\CCCCCCCC(=O)OC[C@H](COP(C)(=O)OCCNC(=O)CCCCC(=O)NCCCO[C@@H]1OC(CO)[C@H](O)[C@H](O)C1O[C@@H]1OC[C@@H](O)[C@H](O)C1O)OC(=O)CCCCCCC/C=C\CCCCCCCC. The fourth-order valence-corrected chi connectivity index (χ4v) is 10.5. The van der Waals surface area contributed by atoms with Crippen LogP contribution in [-0.4, -0.2) is 175 Å². The Kier molecular flexibility index (Phi) is 46.0. The van der Waals surface area contributed by atoms with Crippen LogP contribution in [0.2, 0.25) is 0 Å². The van der Waals surface area contributed by atoms with E-state index in [1.807, 2.05) is 0 Å². The summed E-state index contributed by atoms with van der Waals surface area (Å²) in [4.78, 5) is 50.7. The van der Waals surface area contributed by atoms with Crippen molar-refractivity contribution in [3.8, 4) is 0 Å². The van der Waals surface area contributed by atoms with E-state index >= 15 is 0 Å². The van der Waals surface area contributed by atoms with Gasteiger partial charge in [-0.2, -0.15) is 0 Å². The molecular formula is C62H113N2O19P. The van der Waals surface area contributed by atoms with E-state index in [0.717, 1.165) is 77.0 Å². The van der Waals surface area contributed by atoms with E-state index in [0.29, 0.717) is 25.7 Å². The predicted octanol–water partition coefficient (Wildman–Crippen LogP) is 8.84. The number of aliphatic hydroxyl groups is 6. The van der Waals surface area contributed by atoms with Crippen molar-refractivity contribution in [2.45, 2.75) is 287 Å². The van der Waals surface area contributed by atoms with Gasteiger partial charge in [0.25, 0.3) is 0 Å². The molecule has 0 aliphatic carbocycles. The number of aliphatic hydroxyl groups excluding tert-OH is 6. The maximum absolute atomic E-state index is 13.3. The van der Waals surface area contributed by atoms with Gasteiger partial charge >= 0.3 is 19.5 Å². The zero-order valence-corrected chi connectivity index (χ0v) is 52.4. The van der Waals surface area contributed by atoms with Crippen LogP contribution in [0.15, 0.2) is 24.3 Å². The molecule has 84 heavy (non-hydrogen) atoms. The normalized spacial score (nSPS) is 22.9. The second-order valence-electron chi connectivity index (χ2n) is 22.6. The molecule has 0 aromatic rings. The lowest BCUT2D eigenvalue weighted by Crippen LogP contribution is -2.63. The minimum atomic E-state index is -3.69. The number of nitrogens with one attached hydrogen (secondary N) is 2. The minimum absolute atomic E-state index is 0.0192. The van der Waals surface area contributed by atoms with Gasteiger partial charge in [-0.3, -0.25) is 23.7 Å². The third-order valence-corrected chi connectivity index (χ3v) is 16.1. The number of hydrogen-bond donors (Lipinski definition) is 8. The number of hydrogen-bond acceptors (Lipinski definition) is 19. The molecule has 2 rings (SSSR count). The van der Waals surface area contributed by atoms with Crippen LogP contribution in [0.5, 0.6) is 0 Å². The standard InChI is InChI=1S/C62H113N2O19P/c1-4-6-8-10-12-14-16-18-20-22-24-26-28-30-32-39-54(69)77-46-49(81-55(70)40-33-31-29-27-25-23-21-19-17-15-13-11-9-7-5-2)47-80-84(3,75)79-44-42-64-53(68)38-35-34-37-52(67)63-41-36-43-76-62-60(58(73)57(72)51(45-65)82-62)83-61-59(74)56(71)50(66)48-78-61/h18-21,49-51,56-62,65-66,71-74H,4-17,22-48H2,1-3H3,(H,63,67)(H,64,68)/b20-18-,21-19-/t49-,50-,51?,56+,57+,58+,59?,60?,61+,62-,84?/m1/s1. The summed E-state index contributed by atoms with van der Waals surface area (Å²) >= 11 is 0. The summed E-state index contributed by atoms with van der Waals surface area (Å²) in [5.41, 5.74) is 0. The third kappa shape index (κ3) is 38.4. The highest BCUT2D eigenvalue weighted by atomic mass is 31.2. The smallest absolute Gasteiger partial charge is 0.327 e. The van der Waals surface area contributed by atoms with Gasteiger partial charge in [0, 0.05) is 45.4 Å². The number of ether oxygens (including phenoxy) is 6. The van der Waals surface area contributed by atoms with Gasteiger partial charge in [0.2, 0.25) is 11.8 Å². The quantitative estimate of drug-likeness (QED) is 0.0122. The first-order valence-corrected chi connectivity index (χ1v) is 34.2. The Hall–Kier alpha value is -2.89. The first-order chi connectivity index (χ1) is 40.6. The zero-order chi connectivity index (χ0) is 61.5. The van der Waals surface area contributed by atoms with Gasteiger partial charge in [-0.1, -0.05) is 141 Å². The van der Waals surface area contributed by atoms with Crippen molar-refractivity contribution in [2.24, 2.45) is 0 Å². The first-order valence-electron chi connectivity index (χ1n) is 32.2. The number of carbonyl (C=O) groups excluding carboxylic acids is 4. The summed E-state index contributed by atoms with van der Waals surface area (Å²) in [5, 5.41) is 66.3. The van der Waals surface area contributed by atoms with Gasteiger partial charge in [-0.25, -0.2) is 0 Å². The number of amides is 2. The molecule has 2 aliphatic rings. The molecule has 0 spiro atoms. The summed E-state index contributed by atoms with van der Waals surface area (Å²) in [5.74, 6) is -1.41. The Balaban J connectivity index is 1.69. The monoisotopic (exact) mass is 1220 g/mol. The Morgan fingerprint density at radius 3 is 1.57 bits per heavy atom. The number of rotatable bonds is 53. The second-order valence-corrected chi connectivity index (χ2v) is 24.6. The van der Waals surface area contributed by atoms with Crippen LogP contribution in [-0.2, 0) is 61.2 Å². The second kappa shape index (κ2) is 50.0. The van der Waals surface area contributed by atoms with Crippen LogP contribution in [0.1, 0.15) is 226 Å². The molecule has 4 unspecified atom stereocenters. The van der Waals surface area contributed by atoms with Crippen molar-refractivity contribution in [1.82, 2.24) is 10.6 Å². The lowest BCUT2D eigenvalue weighted by molar-refractivity contribution is -0.356. The molecule has 2 heterocycles. The van der Waals surface area contributed by atoms with Crippen LogP contribution in [0.3, 0.4) is 0 Å². The topological polar surface area (TPSA) is 305 Å². The highest BCUT2D eigenvalue weighted by molar-refractivity contribution is 7.52. The maximum Gasteiger partial charge on any atom is 0.327 e. The average Bonchev–Trinajstić information content (AvgIpc) is 3.00. The Morgan fingerprint density at radius 2 is 1.04 bits per heavy atom. The first kappa shape index (κ1) is 77.2. The van der Waals surface area contributed by atoms with Gasteiger partial charge in [0.05, 0.1) is 33.0 Å². The molecule has 2 fully saturated rings. The molecule has 0 aromatic carbocycles. The van der Waals surface area contributed by atoms with Gasteiger partial charge in [0.15, 0.2) is 18.7 Å². The lowest BCUT2D eigenvalue weighted by atomic mass is 9.98. The molecule has 0 radical (unpaired) electrons. The number of allylic oxidation sites excluding steroid dienone is 4. The van der Waals surface area contributed by atoms with Crippen LogP contribution in [0, 0.1) is 0 Å². The molecule has 2 saturated heterocycles. The van der Waals surface area contributed by atoms with Crippen molar-refractivity contribution < 1.29 is 91.9 Å². The zero-order valence-electron chi connectivity index (χ0n) is 51.5. The van der Waals surface area contributed by atoms with E-state index in [4.69, 9.17) is 37.5 Å². The average molecular weight is 1220 g/mol. The molecule has 0 aromatic heterocycles. The number of unbranched alkanes of at least 4 members (excludes halogenated alkanes) is 23. The minimum Gasteiger partial charge on any atom is -0.462 e. The van der Waals surface area contributed by atoms with Gasteiger partial charge in [-0.15, -0.1) is 0 Å². The molecular weight excluding hydrogens is 1110 g/mol. The van der Waals surface area contributed by atoms with Crippen LogP contribution < -0.4 is 10.6 Å². The van der Waals surface area contributed by atoms with E-state index in [2.05, 4.69) is 48.8 Å². The van der Waals surface area contributed by atoms with Crippen molar-refractivity contribution in [2.75, 3.05) is 59.4 Å². The molecule has 21 nitrogen and oxygen atoms in total. The molecule has 490 valence electrons. The van der Waals surface area contributed by atoms with Gasteiger partial charge < -0.3 is 78.7 Å². The van der Waals surface area contributed by atoms with Crippen LogP contribution in [0.4, 0.5) is 0 Å². The Bertz CT molecular complexity index is 1800. The molecule has 22 heteroatoms. The summed E-state index contributed by atoms with van der Waals surface area (Å²) in [6, 6.07) is 0. The molecule has 8 N–H and O–H groups in total. The lowest BCUT2D eigenvalue weighted by Gasteiger charge is -2.44. The van der Waals surface area contributed by atoms with Crippen LogP contribution >= 0.6 is 7.60 Å². The fraction of sp³-hybridized carbons (Fsp3) is 0.871. The van der Waals surface area contributed by atoms with Crippen molar-refractivity contribution >= 4 is 31.3 Å². The van der Waals surface area contributed by atoms with Crippen molar-refractivity contribution in [3.63, 3.8) is 0 Å².